The SMILES string of the molecule is CCn1cc(CN2CC(C)C(C(=O)O)C2)cn1. The molecule has 0 aromatic carbocycles. The summed E-state index contributed by atoms with van der Waals surface area (Å²) in [6.45, 7) is 7.23. The molecule has 0 spiro atoms. The van der Waals surface area contributed by atoms with Crippen LogP contribution < -0.4 is 0 Å². The molecule has 2 unspecified atom stereocenters. The largest absolute Gasteiger partial charge is 0.481 e. The molecule has 0 bridgehead atoms. The van der Waals surface area contributed by atoms with E-state index >= 15 is 0 Å². The van der Waals surface area contributed by atoms with Gasteiger partial charge in [0.15, 0.2) is 0 Å². The molecule has 0 amide bonds. The number of aliphatic carboxylic acids is 1. The van der Waals surface area contributed by atoms with Gasteiger partial charge in [-0.1, -0.05) is 6.92 Å². The number of likely N-dealkylation sites (tertiary alicyclic amines) is 1. The molecule has 1 aliphatic rings. The topological polar surface area (TPSA) is 58.4 Å². The fourth-order valence-electron chi connectivity index (χ4n) is 2.44. The summed E-state index contributed by atoms with van der Waals surface area (Å²) in [6, 6.07) is 0. The predicted molar refractivity (Wildman–Crippen MR) is 63.5 cm³/mol. The van der Waals surface area contributed by atoms with Gasteiger partial charge in [-0.2, -0.15) is 5.10 Å². The predicted octanol–water partition coefficient (Wildman–Crippen LogP) is 1.06. The van der Waals surface area contributed by atoms with E-state index in [2.05, 4.69) is 16.9 Å². The lowest BCUT2D eigenvalue weighted by atomic mass is 9.99. The Bertz CT molecular complexity index is 402. The van der Waals surface area contributed by atoms with Crippen molar-refractivity contribution in [2.45, 2.75) is 26.9 Å². The van der Waals surface area contributed by atoms with Gasteiger partial charge < -0.3 is 5.11 Å². The molecule has 1 saturated heterocycles. The second kappa shape index (κ2) is 4.87. The quantitative estimate of drug-likeness (QED) is 0.850. The Morgan fingerprint density at radius 3 is 2.88 bits per heavy atom. The van der Waals surface area contributed by atoms with Crippen LogP contribution in [0.5, 0.6) is 0 Å². The smallest absolute Gasteiger partial charge is 0.308 e. The number of hydrogen-bond acceptors (Lipinski definition) is 3. The fraction of sp³-hybridized carbons (Fsp3) is 0.667. The molecule has 0 saturated carbocycles. The van der Waals surface area contributed by atoms with Crippen molar-refractivity contribution in [2.75, 3.05) is 13.1 Å². The van der Waals surface area contributed by atoms with Crippen molar-refractivity contribution in [3.63, 3.8) is 0 Å². The van der Waals surface area contributed by atoms with E-state index in [1.807, 2.05) is 24.0 Å². The summed E-state index contributed by atoms with van der Waals surface area (Å²) in [7, 11) is 0. The fourth-order valence-corrected chi connectivity index (χ4v) is 2.44. The average molecular weight is 237 g/mol. The number of nitrogens with zero attached hydrogens (tertiary/aromatic N) is 3. The van der Waals surface area contributed by atoms with E-state index in [0.29, 0.717) is 6.54 Å². The Morgan fingerprint density at radius 1 is 1.59 bits per heavy atom. The van der Waals surface area contributed by atoms with Crippen LogP contribution in [0.1, 0.15) is 19.4 Å². The maximum Gasteiger partial charge on any atom is 0.308 e. The normalized spacial score (nSPS) is 25.3. The third-order valence-corrected chi connectivity index (χ3v) is 3.42. The van der Waals surface area contributed by atoms with Crippen LogP contribution in [0.25, 0.3) is 0 Å². The maximum absolute atomic E-state index is 11.0. The molecule has 2 rings (SSSR count). The van der Waals surface area contributed by atoms with Crippen molar-refractivity contribution in [1.82, 2.24) is 14.7 Å². The first-order valence-electron chi connectivity index (χ1n) is 6.06. The van der Waals surface area contributed by atoms with Crippen LogP contribution in [0.15, 0.2) is 12.4 Å². The van der Waals surface area contributed by atoms with Crippen LogP contribution >= 0.6 is 0 Å². The number of aryl methyl sites for hydroxylation is 1. The van der Waals surface area contributed by atoms with Gasteiger partial charge in [-0.3, -0.25) is 14.4 Å². The molecule has 1 aliphatic heterocycles. The summed E-state index contributed by atoms with van der Waals surface area (Å²) in [5.74, 6) is -0.672. The van der Waals surface area contributed by atoms with Gasteiger partial charge in [-0.15, -0.1) is 0 Å². The summed E-state index contributed by atoms with van der Waals surface area (Å²) in [6.07, 6.45) is 3.89. The minimum atomic E-state index is -0.677. The van der Waals surface area contributed by atoms with Crippen molar-refractivity contribution >= 4 is 5.97 Å². The minimum absolute atomic E-state index is 0.226. The van der Waals surface area contributed by atoms with Gasteiger partial charge in [-0.25, -0.2) is 0 Å². The molecule has 94 valence electrons. The summed E-state index contributed by atoms with van der Waals surface area (Å²) in [5.41, 5.74) is 1.16. The third-order valence-electron chi connectivity index (χ3n) is 3.42. The Hall–Kier alpha value is -1.36. The van der Waals surface area contributed by atoms with Gasteiger partial charge in [0.2, 0.25) is 0 Å². The highest BCUT2D eigenvalue weighted by Gasteiger charge is 2.34. The molecule has 1 fully saturated rings. The van der Waals surface area contributed by atoms with Crippen molar-refractivity contribution in [3.8, 4) is 0 Å². The Kier molecular flexibility index (Phi) is 3.47. The number of hydrogen-bond donors (Lipinski definition) is 1. The summed E-state index contributed by atoms with van der Waals surface area (Å²) < 4.78 is 1.89. The first-order chi connectivity index (χ1) is 8.10. The van der Waals surface area contributed by atoms with E-state index in [9.17, 15) is 4.79 Å². The molecule has 1 N–H and O–H groups in total. The standard InChI is InChI=1S/C12H19N3O2/c1-3-15-7-10(4-13-15)6-14-5-9(2)11(8-14)12(16)17/h4,7,9,11H,3,5-6,8H2,1-2H3,(H,16,17). The molecular weight excluding hydrogens is 218 g/mol. The van der Waals surface area contributed by atoms with Crippen molar-refractivity contribution < 1.29 is 9.90 Å². The van der Waals surface area contributed by atoms with Crippen LogP contribution in [-0.2, 0) is 17.9 Å². The number of carboxylic acids is 1. The molecule has 17 heavy (non-hydrogen) atoms. The van der Waals surface area contributed by atoms with Gasteiger partial charge in [-0.05, 0) is 12.8 Å². The van der Waals surface area contributed by atoms with Gasteiger partial charge in [0.1, 0.15) is 0 Å². The monoisotopic (exact) mass is 237 g/mol. The van der Waals surface area contributed by atoms with E-state index in [1.165, 1.54) is 0 Å². The zero-order valence-corrected chi connectivity index (χ0v) is 10.3. The first kappa shape index (κ1) is 12.1. The van der Waals surface area contributed by atoms with E-state index in [-0.39, 0.29) is 11.8 Å². The molecule has 2 heterocycles. The molecule has 5 heteroatoms. The highest BCUT2D eigenvalue weighted by Crippen LogP contribution is 2.24. The molecule has 2 atom stereocenters. The van der Waals surface area contributed by atoms with Crippen LogP contribution in [0.4, 0.5) is 0 Å². The molecule has 0 aliphatic carbocycles. The number of aromatic nitrogens is 2. The van der Waals surface area contributed by atoms with E-state index in [1.54, 1.807) is 0 Å². The zero-order valence-electron chi connectivity index (χ0n) is 10.3. The average Bonchev–Trinajstić information content (AvgIpc) is 2.85. The lowest BCUT2D eigenvalue weighted by Crippen LogP contribution is -2.23. The van der Waals surface area contributed by atoms with Gasteiger partial charge >= 0.3 is 5.97 Å². The van der Waals surface area contributed by atoms with E-state index in [0.717, 1.165) is 25.2 Å². The Morgan fingerprint density at radius 2 is 2.35 bits per heavy atom. The summed E-state index contributed by atoms with van der Waals surface area (Å²) in [4.78, 5) is 13.2. The van der Waals surface area contributed by atoms with Crippen LogP contribution in [-0.4, -0.2) is 38.8 Å². The van der Waals surface area contributed by atoms with Crippen molar-refractivity contribution in [1.29, 1.82) is 0 Å². The second-order valence-corrected chi connectivity index (χ2v) is 4.82. The van der Waals surface area contributed by atoms with E-state index in [4.69, 9.17) is 5.11 Å². The molecule has 1 aromatic heterocycles. The van der Waals surface area contributed by atoms with Gasteiger partial charge in [0.05, 0.1) is 12.1 Å². The first-order valence-corrected chi connectivity index (χ1v) is 6.06. The third kappa shape index (κ3) is 2.66. The van der Waals surface area contributed by atoms with Crippen LogP contribution in [0, 0.1) is 11.8 Å². The highest BCUT2D eigenvalue weighted by atomic mass is 16.4. The molecule has 1 aromatic rings. The van der Waals surface area contributed by atoms with E-state index < -0.39 is 5.97 Å². The zero-order chi connectivity index (χ0) is 12.4. The Balaban J connectivity index is 1.95. The summed E-state index contributed by atoms with van der Waals surface area (Å²) >= 11 is 0. The van der Waals surface area contributed by atoms with Crippen LogP contribution in [0.3, 0.4) is 0 Å². The maximum atomic E-state index is 11.0. The lowest BCUT2D eigenvalue weighted by molar-refractivity contribution is -0.142. The lowest BCUT2D eigenvalue weighted by Gasteiger charge is -2.13. The highest BCUT2D eigenvalue weighted by molar-refractivity contribution is 5.71. The molecule has 0 radical (unpaired) electrons. The Labute approximate surface area is 101 Å². The van der Waals surface area contributed by atoms with Crippen LogP contribution in [0.2, 0.25) is 0 Å². The minimum Gasteiger partial charge on any atom is -0.481 e. The van der Waals surface area contributed by atoms with Crippen molar-refractivity contribution in [3.05, 3.63) is 18.0 Å². The van der Waals surface area contributed by atoms with Gasteiger partial charge in [0, 0.05) is 37.9 Å². The van der Waals surface area contributed by atoms with Gasteiger partial charge in [0.25, 0.3) is 0 Å². The number of rotatable bonds is 4. The number of carboxylic acid groups (broad SMARTS) is 1. The molecular formula is C12H19N3O2. The van der Waals surface area contributed by atoms with Crippen molar-refractivity contribution in [2.24, 2.45) is 11.8 Å². The summed E-state index contributed by atoms with van der Waals surface area (Å²) in [5, 5.41) is 13.3. The number of carbonyl (C=O) groups is 1. The molecule has 5 nitrogen and oxygen atoms in total. The second-order valence-electron chi connectivity index (χ2n) is 4.82.